The predicted octanol–water partition coefficient (Wildman–Crippen LogP) is 4.03. The van der Waals surface area contributed by atoms with Gasteiger partial charge >= 0.3 is 0 Å². The Bertz CT molecular complexity index is 725. The van der Waals surface area contributed by atoms with E-state index in [1.807, 2.05) is 12.1 Å². The Labute approximate surface area is 190 Å². The average Bonchev–Trinajstić information content (AvgIpc) is 3.16. The monoisotopic (exact) mass is 518 g/mol. The van der Waals surface area contributed by atoms with Crippen molar-refractivity contribution in [2.75, 3.05) is 20.1 Å². The van der Waals surface area contributed by atoms with Crippen molar-refractivity contribution in [1.82, 2.24) is 25.4 Å². The van der Waals surface area contributed by atoms with Gasteiger partial charge in [0.15, 0.2) is 5.96 Å². The molecule has 0 atom stereocenters. The summed E-state index contributed by atoms with van der Waals surface area (Å²) < 4.78 is 2.07. The molecule has 0 unspecified atom stereocenters. The Kier molecular flexibility index (Phi) is 10.8. The Morgan fingerprint density at radius 3 is 2.39 bits per heavy atom. The lowest BCUT2D eigenvalue weighted by Crippen LogP contribution is -2.46. The number of benzene rings is 1. The van der Waals surface area contributed by atoms with E-state index < -0.39 is 0 Å². The summed E-state index contributed by atoms with van der Waals surface area (Å²) in [6.07, 6.45) is 4.73. The van der Waals surface area contributed by atoms with E-state index in [-0.39, 0.29) is 29.4 Å². The molecular formula is C20H32ClIN6. The topological polar surface area (TPSA) is 67.1 Å². The van der Waals surface area contributed by atoms with Gasteiger partial charge in [-0.25, -0.2) is 0 Å². The first-order valence-electron chi connectivity index (χ1n) is 9.65. The lowest BCUT2D eigenvalue weighted by molar-refractivity contribution is 0.389. The summed E-state index contributed by atoms with van der Waals surface area (Å²) in [6.45, 7) is 8.93. The second-order valence-electron chi connectivity index (χ2n) is 6.64. The van der Waals surface area contributed by atoms with Gasteiger partial charge in [-0.15, -0.1) is 34.2 Å². The Morgan fingerprint density at radius 2 is 1.82 bits per heavy atom. The fourth-order valence-corrected chi connectivity index (χ4v) is 3.45. The third-order valence-electron chi connectivity index (χ3n) is 5.29. The van der Waals surface area contributed by atoms with Crippen LogP contribution in [0.15, 0.2) is 35.6 Å². The van der Waals surface area contributed by atoms with E-state index in [4.69, 9.17) is 11.6 Å². The summed E-state index contributed by atoms with van der Waals surface area (Å²) in [5.41, 5.74) is 1.35. The number of aryl methyl sites for hydroxylation is 1. The number of aliphatic imine (C=N–C) groups is 1. The Hall–Kier alpha value is -1.35. The highest BCUT2D eigenvalue weighted by atomic mass is 127. The molecule has 0 fully saturated rings. The largest absolute Gasteiger partial charge is 0.356 e. The highest BCUT2D eigenvalue weighted by Gasteiger charge is 2.28. The first-order valence-corrected chi connectivity index (χ1v) is 10.0. The third kappa shape index (κ3) is 6.34. The molecule has 1 heterocycles. The molecule has 0 radical (unpaired) electrons. The van der Waals surface area contributed by atoms with Crippen LogP contribution in [0.1, 0.15) is 45.0 Å². The molecule has 0 aliphatic carbocycles. The van der Waals surface area contributed by atoms with Gasteiger partial charge in [-0.2, -0.15) is 0 Å². The molecule has 0 saturated heterocycles. The van der Waals surface area contributed by atoms with Crippen molar-refractivity contribution in [3.8, 4) is 0 Å². The van der Waals surface area contributed by atoms with Crippen LogP contribution in [0.4, 0.5) is 0 Å². The first-order chi connectivity index (χ1) is 13.1. The molecule has 0 saturated carbocycles. The van der Waals surface area contributed by atoms with Crippen LogP contribution in [-0.4, -0.2) is 40.9 Å². The van der Waals surface area contributed by atoms with Gasteiger partial charge in [-0.3, -0.25) is 4.99 Å². The van der Waals surface area contributed by atoms with E-state index in [9.17, 15) is 0 Å². The fourth-order valence-electron chi connectivity index (χ4n) is 3.32. The summed E-state index contributed by atoms with van der Waals surface area (Å²) >= 11 is 6.06. The number of halogens is 2. The van der Waals surface area contributed by atoms with Crippen molar-refractivity contribution in [2.45, 2.75) is 52.0 Å². The van der Waals surface area contributed by atoms with Gasteiger partial charge in [0.05, 0.1) is 0 Å². The highest BCUT2D eigenvalue weighted by molar-refractivity contribution is 14.0. The lowest BCUT2D eigenvalue weighted by atomic mass is 9.76. The second kappa shape index (κ2) is 12.3. The molecule has 28 heavy (non-hydrogen) atoms. The minimum Gasteiger partial charge on any atom is -0.356 e. The van der Waals surface area contributed by atoms with Crippen LogP contribution in [0.25, 0.3) is 0 Å². The zero-order valence-electron chi connectivity index (χ0n) is 17.2. The molecule has 2 rings (SSSR count). The van der Waals surface area contributed by atoms with E-state index in [0.29, 0.717) is 0 Å². The molecule has 0 amide bonds. The molecule has 6 nitrogen and oxygen atoms in total. The molecule has 0 spiro atoms. The maximum absolute atomic E-state index is 6.06. The molecule has 1 aromatic carbocycles. The molecular weight excluding hydrogens is 487 g/mol. The van der Waals surface area contributed by atoms with Crippen molar-refractivity contribution >= 4 is 41.5 Å². The molecule has 1 aromatic heterocycles. The first kappa shape index (κ1) is 24.7. The predicted molar refractivity (Wildman–Crippen MR) is 128 cm³/mol. The molecule has 0 bridgehead atoms. The van der Waals surface area contributed by atoms with Gasteiger partial charge in [0.1, 0.15) is 12.2 Å². The minimum absolute atomic E-state index is 0. The van der Waals surface area contributed by atoms with Crippen LogP contribution in [0.3, 0.4) is 0 Å². The Morgan fingerprint density at radius 1 is 1.14 bits per heavy atom. The zero-order chi connectivity index (χ0) is 19.7. The highest BCUT2D eigenvalue weighted by Crippen LogP contribution is 2.31. The number of nitrogens with one attached hydrogen (secondary N) is 2. The SMILES string of the molecule is CCc1nncn1CCNC(=NC)NCC(CC)(CC)c1ccc(Cl)cc1.I. The summed E-state index contributed by atoms with van der Waals surface area (Å²) in [6, 6.07) is 8.19. The molecule has 0 aliphatic rings. The van der Waals surface area contributed by atoms with Gasteiger partial charge in [-0.1, -0.05) is 44.5 Å². The van der Waals surface area contributed by atoms with Crippen LogP contribution in [-0.2, 0) is 18.4 Å². The molecule has 2 aromatic rings. The number of guanidine groups is 1. The Balaban J connectivity index is 0.00000392. The number of aromatic nitrogens is 3. The van der Waals surface area contributed by atoms with Crippen molar-refractivity contribution in [3.05, 3.63) is 47.0 Å². The van der Waals surface area contributed by atoms with Crippen molar-refractivity contribution in [1.29, 1.82) is 0 Å². The zero-order valence-corrected chi connectivity index (χ0v) is 20.3. The number of hydrogen-bond acceptors (Lipinski definition) is 3. The summed E-state index contributed by atoms with van der Waals surface area (Å²) in [5.74, 6) is 1.81. The van der Waals surface area contributed by atoms with Crippen LogP contribution in [0.5, 0.6) is 0 Å². The van der Waals surface area contributed by atoms with Crippen LogP contribution in [0, 0.1) is 0 Å². The van der Waals surface area contributed by atoms with E-state index in [0.717, 1.165) is 55.7 Å². The quantitative estimate of drug-likeness (QED) is 0.299. The normalized spacial score (nSPS) is 11.8. The molecule has 2 N–H and O–H groups in total. The maximum Gasteiger partial charge on any atom is 0.191 e. The van der Waals surface area contributed by atoms with Crippen LogP contribution in [0.2, 0.25) is 5.02 Å². The lowest BCUT2D eigenvalue weighted by Gasteiger charge is -2.33. The summed E-state index contributed by atoms with van der Waals surface area (Å²) in [5, 5.41) is 15.7. The standard InChI is InChI=1S/C20H31ClN6.HI/c1-5-18-26-25-15-27(18)13-12-23-19(22-4)24-14-20(6-2,7-3)16-8-10-17(21)11-9-16;/h8-11,15H,5-7,12-14H2,1-4H3,(H2,22,23,24);1H. The van der Waals surface area contributed by atoms with Gasteiger partial charge in [-0.05, 0) is 30.5 Å². The van der Waals surface area contributed by atoms with Crippen LogP contribution < -0.4 is 10.6 Å². The van der Waals surface area contributed by atoms with Crippen molar-refractivity contribution in [3.63, 3.8) is 0 Å². The van der Waals surface area contributed by atoms with Crippen molar-refractivity contribution < 1.29 is 0 Å². The molecule has 8 heteroatoms. The maximum atomic E-state index is 6.06. The van der Waals surface area contributed by atoms with Gasteiger partial charge in [0.25, 0.3) is 0 Å². The fraction of sp³-hybridized carbons (Fsp3) is 0.550. The van der Waals surface area contributed by atoms with E-state index in [2.05, 4.69) is 63.3 Å². The van der Waals surface area contributed by atoms with Gasteiger partial charge < -0.3 is 15.2 Å². The van der Waals surface area contributed by atoms with Gasteiger partial charge in [0.2, 0.25) is 0 Å². The van der Waals surface area contributed by atoms with Gasteiger partial charge in [0, 0.05) is 43.5 Å². The second-order valence-corrected chi connectivity index (χ2v) is 7.08. The van der Waals surface area contributed by atoms with Crippen LogP contribution >= 0.6 is 35.6 Å². The number of rotatable bonds is 9. The van der Waals surface area contributed by atoms with E-state index in [1.54, 1.807) is 13.4 Å². The number of nitrogens with zero attached hydrogens (tertiary/aromatic N) is 4. The van der Waals surface area contributed by atoms with E-state index >= 15 is 0 Å². The molecule has 156 valence electrons. The minimum atomic E-state index is 0. The van der Waals surface area contributed by atoms with E-state index in [1.165, 1.54) is 5.56 Å². The summed E-state index contributed by atoms with van der Waals surface area (Å²) in [4.78, 5) is 4.36. The third-order valence-corrected chi connectivity index (χ3v) is 5.54. The summed E-state index contributed by atoms with van der Waals surface area (Å²) in [7, 11) is 1.80. The number of hydrogen-bond donors (Lipinski definition) is 2. The smallest absolute Gasteiger partial charge is 0.191 e. The van der Waals surface area contributed by atoms with Crippen molar-refractivity contribution in [2.24, 2.45) is 4.99 Å². The molecule has 0 aliphatic heterocycles. The average molecular weight is 519 g/mol.